The Morgan fingerprint density at radius 1 is 1.14 bits per heavy atom. The Kier molecular flexibility index (Phi) is 13.0. The molecule has 3 atom stereocenters. The van der Waals surface area contributed by atoms with Crippen LogP contribution in [-0.4, -0.2) is 35.8 Å². The van der Waals surface area contributed by atoms with Gasteiger partial charge in [0.25, 0.3) is 0 Å². The number of methoxy groups -OCH3 is 1. The fraction of sp³-hybridized carbons (Fsp3) is 0.571. The Morgan fingerprint density at radius 2 is 1.86 bits per heavy atom. The number of aryl methyl sites for hydroxylation is 1. The van der Waals surface area contributed by atoms with Gasteiger partial charge in [-0.05, 0) is 94.4 Å². The van der Waals surface area contributed by atoms with Crippen LogP contribution >= 0.6 is 22.9 Å². The van der Waals surface area contributed by atoms with Crippen molar-refractivity contribution in [2.45, 2.75) is 110 Å². The molecule has 238 valence electrons. The predicted molar refractivity (Wildman–Crippen MR) is 190 cm³/mol. The van der Waals surface area contributed by atoms with E-state index in [1.807, 2.05) is 0 Å². The lowest BCUT2D eigenvalue weighted by Gasteiger charge is -2.38. The van der Waals surface area contributed by atoms with Crippen molar-refractivity contribution in [1.82, 2.24) is 0 Å². The number of thiophene rings is 1. The minimum Gasteiger partial charge on any atom is -0.547 e. The van der Waals surface area contributed by atoms with E-state index in [-0.39, 0.29) is 17.1 Å². The van der Waals surface area contributed by atoms with Crippen LogP contribution in [0.2, 0.25) is 42.8 Å². The molecule has 0 N–H and O–H groups in total. The zero-order valence-electron chi connectivity index (χ0n) is 27.8. The number of hydrogen-bond acceptors (Lipinski definition) is 5. The van der Waals surface area contributed by atoms with Gasteiger partial charge in [0.1, 0.15) is 0 Å². The summed E-state index contributed by atoms with van der Waals surface area (Å²) in [5.74, 6) is 1.68. The van der Waals surface area contributed by atoms with E-state index in [1.54, 1.807) is 11.3 Å². The molecule has 1 unspecified atom stereocenters. The zero-order chi connectivity index (χ0) is 31.8. The third-order valence-corrected chi connectivity index (χ3v) is 15.6. The lowest BCUT2D eigenvalue weighted by atomic mass is 9.90. The fourth-order valence-corrected chi connectivity index (χ4v) is 8.89. The van der Waals surface area contributed by atoms with Gasteiger partial charge in [-0.15, -0.1) is 11.3 Å². The molecular weight excluding hydrogens is 608 g/mol. The lowest BCUT2D eigenvalue weighted by Crippen LogP contribution is -2.43. The van der Waals surface area contributed by atoms with Crippen molar-refractivity contribution in [1.29, 1.82) is 0 Å². The summed E-state index contributed by atoms with van der Waals surface area (Å²) in [5.41, 5.74) is 0. The summed E-state index contributed by atoms with van der Waals surface area (Å²) in [6.45, 7) is 18.3. The van der Waals surface area contributed by atoms with Crippen LogP contribution in [0.4, 0.5) is 0 Å². The number of hydrogen-bond donors (Lipinski definition) is 0. The summed E-state index contributed by atoms with van der Waals surface area (Å²) >= 11 is 8.63. The monoisotopic (exact) mass is 660 g/mol. The minimum atomic E-state index is -1.99. The molecule has 0 bridgehead atoms. The molecule has 2 aromatic rings. The molecule has 43 heavy (non-hydrogen) atoms. The van der Waals surface area contributed by atoms with Gasteiger partial charge in [0.15, 0.2) is 8.32 Å². The Labute approximate surface area is 271 Å². The van der Waals surface area contributed by atoms with Crippen molar-refractivity contribution in [3.63, 3.8) is 0 Å². The first-order chi connectivity index (χ1) is 20.1. The molecule has 1 aliphatic carbocycles. The van der Waals surface area contributed by atoms with E-state index in [2.05, 4.69) is 108 Å². The Bertz CT molecular complexity index is 1300. The smallest absolute Gasteiger partial charge is 0.305 e. The van der Waals surface area contributed by atoms with E-state index in [0.717, 1.165) is 54.7 Å². The topological polar surface area (TPSA) is 44.8 Å². The van der Waals surface area contributed by atoms with Gasteiger partial charge in [-0.25, -0.2) is 0 Å². The molecule has 1 aromatic heterocycles. The summed E-state index contributed by atoms with van der Waals surface area (Å²) in [6.07, 6.45) is 17.4. The summed E-state index contributed by atoms with van der Waals surface area (Å²) < 4.78 is 19.6. The number of carbonyl (C=O) groups excluding carboxylic acids is 1. The van der Waals surface area contributed by atoms with Crippen LogP contribution in [-0.2, 0) is 24.8 Å². The molecule has 0 aliphatic heterocycles. The molecule has 1 aliphatic rings. The molecule has 4 nitrogen and oxygen atoms in total. The van der Waals surface area contributed by atoms with Crippen molar-refractivity contribution in [3.05, 3.63) is 70.3 Å². The normalized spacial score (nSPS) is 19.0. The average molecular weight is 661 g/mol. The molecule has 0 saturated heterocycles. The van der Waals surface area contributed by atoms with Crippen LogP contribution in [0.1, 0.15) is 64.2 Å². The molecule has 1 heterocycles. The minimum absolute atomic E-state index is 0.0265. The maximum absolute atomic E-state index is 11.4. The van der Waals surface area contributed by atoms with Crippen LogP contribution < -0.4 is 0 Å². The first-order valence-electron chi connectivity index (χ1n) is 15.7. The van der Waals surface area contributed by atoms with Crippen molar-refractivity contribution in [2.75, 3.05) is 7.11 Å². The summed E-state index contributed by atoms with van der Waals surface area (Å²) in [7, 11) is -2.29. The van der Waals surface area contributed by atoms with Gasteiger partial charge in [0, 0.05) is 27.3 Å². The first kappa shape index (κ1) is 35.8. The maximum atomic E-state index is 11.4. The highest BCUT2D eigenvalue weighted by Crippen LogP contribution is 2.41. The number of fused-ring (bicyclic) bond motifs is 1. The first-order valence-corrected chi connectivity index (χ1v) is 23.3. The molecule has 3 rings (SSSR count). The third kappa shape index (κ3) is 10.7. The van der Waals surface area contributed by atoms with Gasteiger partial charge in [-0.1, -0.05) is 74.9 Å². The molecular formula is C35H53ClO4SSi2. The van der Waals surface area contributed by atoms with E-state index in [4.69, 9.17) is 25.2 Å². The number of esters is 1. The Hall–Kier alpha value is -1.65. The second kappa shape index (κ2) is 15.6. The van der Waals surface area contributed by atoms with Crippen molar-refractivity contribution >= 4 is 55.6 Å². The largest absolute Gasteiger partial charge is 0.547 e. The number of carbonyl (C=O) groups is 1. The van der Waals surface area contributed by atoms with Crippen LogP contribution in [0, 0.1) is 11.8 Å². The average Bonchev–Trinajstić information content (AvgIpc) is 3.45. The highest BCUT2D eigenvalue weighted by molar-refractivity contribution is 7.19. The highest BCUT2D eigenvalue weighted by atomic mass is 35.5. The SMILES string of the molecule is COC(=O)CCC/C=C\C[C@H]1C(O[Si](C)(C)C)=CC[C@@H]1/C=C/C(CCc1sc2ccccc2c1Cl)O[Si](C)(C)C(C)(C)C. The second-order valence-corrected chi connectivity index (χ2v) is 24.9. The number of unbranched alkanes of at least 4 members (excludes halogenated alkanes) is 1. The van der Waals surface area contributed by atoms with Crippen LogP contribution in [0.25, 0.3) is 10.1 Å². The predicted octanol–water partition coefficient (Wildman–Crippen LogP) is 11.1. The zero-order valence-corrected chi connectivity index (χ0v) is 31.4. The van der Waals surface area contributed by atoms with E-state index >= 15 is 0 Å². The molecule has 8 heteroatoms. The van der Waals surface area contributed by atoms with Crippen LogP contribution in [0.3, 0.4) is 0 Å². The standard InChI is InChI=1S/C35H53ClO4SSi2/c1-35(2,3)43(8,9)39-27(23-25-32-34(36)29-17-14-15-18-31(29)41-32)22-20-26-21-24-30(40-42(5,6)7)28(26)16-12-10-11-13-19-33(37)38-4/h10,12,14-15,17-18,20,22,24,26-28H,11,13,16,19,21,23,25H2,1-9H3/b12-10-,22-20+/t26-,27?,28+/m0/s1. The highest BCUT2D eigenvalue weighted by Gasteiger charge is 2.39. The van der Waals surface area contributed by atoms with Gasteiger partial charge < -0.3 is 13.6 Å². The van der Waals surface area contributed by atoms with E-state index in [9.17, 15) is 4.79 Å². The second-order valence-electron chi connectivity index (χ2n) is 14.2. The van der Waals surface area contributed by atoms with Crippen molar-refractivity contribution in [3.8, 4) is 0 Å². The van der Waals surface area contributed by atoms with Gasteiger partial charge in [0.2, 0.25) is 8.32 Å². The van der Waals surface area contributed by atoms with Crippen molar-refractivity contribution in [2.24, 2.45) is 11.8 Å². The Morgan fingerprint density at radius 3 is 2.51 bits per heavy atom. The Balaban J connectivity index is 1.77. The number of benzene rings is 1. The van der Waals surface area contributed by atoms with Crippen molar-refractivity contribution < 1.29 is 18.4 Å². The fourth-order valence-electron chi connectivity index (χ4n) is 5.10. The van der Waals surface area contributed by atoms with Gasteiger partial charge >= 0.3 is 5.97 Å². The van der Waals surface area contributed by atoms with Gasteiger partial charge in [-0.3, -0.25) is 4.79 Å². The number of rotatable bonds is 15. The van der Waals surface area contributed by atoms with E-state index in [1.165, 1.54) is 16.7 Å². The lowest BCUT2D eigenvalue weighted by molar-refractivity contribution is -0.140. The summed E-state index contributed by atoms with van der Waals surface area (Å²) in [5, 5.41) is 2.17. The molecule has 0 amide bonds. The molecule has 1 aromatic carbocycles. The third-order valence-electron chi connectivity index (χ3n) is 8.52. The number of halogens is 1. The van der Waals surface area contributed by atoms with Crippen LogP contribution in [0.5, 0.6) is 0 Å². The van der Waals surface area contributed by atoms with E-state index < -0.39 is 16.6 Å². The molecule has 0 fully saturated rings. The number of ether oxygens (including phenoxy) is 1. The van der Waals surface area contributed by atoms with E-state index in [0.29, 0.717) is 18.3 Å². The quantitative estimate of drug-likeness (QED) is 0.0825. The molecule has 0 spiro atoms. The summed E-state index contributed by atoms with van der Waals surface area (Å²) in [6, 6.07) is 8.40. The van der Waals surface area contributed by atoms with Crippen LogP contribution in [0.15, 0.2) is 60.4 Å². The van der Waals surface area contributed by atoms with Gasteiger partial charge in [-0.2, -0.15) is 0 Å². The maximum Gasteiger partial charge on any atom is 0.305 e. The molecule has 0 radical (unpaired) electrons. The molecule has 0 saturated carbocycles. The van der Waals surface area contributed by atoms with Gasteiger partial charge in [0.05, 0.1) is 24.0 Å². The summed E-state index contributed by atoms with van der Waals surface area (Å²) in [4.78, 5) is 12.7. The number of allylic oxidation sites excluding steroid dienone is 5.